The van der Waals surface area contributed by atoms with Gasteiger partial charge < -0.3 is 4.74 Å². The van der Waals surface area contributed by atoms with Gasteiger partial charge >= 0.3 is 0 Å². The molecular formula is C46H70O. The minimum Gasteiger partial charge on any atom is -0.381 e. The van der Waals surface area contributed by atoms with Crippen LogP contribution in [0, 0.1) is 11.8 Å². The first-order valence-electron chi connectivity index (χ1n) is 20.3. The summed E-state index contributed by atoms with van der Waals surface area (Å²) >= 11 is 0. The summed E-state index contributed by atoms with van der Waals surface area (Å²) in [6.07, 6.45) is 36.7. The maximum Gasteiger partial charge on any atom is 0.0466 e. The molecule has 0 amide bonds. The second-order valence-corrected chi connectivity index (χ2v) is 15.2. The van der Waals surface area contributed by atoms with E-state index in [1.165, 1.54) is 176 Å². The lowest BCUT2D eigenvalue weighted by atomic mass is 9.84. The Hall–Kier alpha value is -2.12. The third-order valence-corrected chi connectivity index (χ3v) is 11.1. The molecule has 0 saturated carbocycles. The molecule has 0 saturated heterocycles. The van der Waals surface area contributed by atoms with Crippen LogP contribution in [0.2, 0.25) is 0 Å². The zero-order valence-corrected chi connectivity index (χ0v) is 30.7. The molecule has 2 unspecified atom stereocenters. The van der Waals surface area contributed by atoms with Crippen molar-refractivity contribution >= 4 is 0 Å². The summed E-state index contributed by atoms with van der Waals surface area (Å²) in [5.41, 5.74) is 9.51. The van der Waals surface area contributed by atoms with Gasteiger partial charge in [0.15, 0.2) is 0 Å². The van der Waals surface area contributed by atoms with Gasteiger partial charge in [0.2, 0.25) is 0 Å². The summed E-state index contributed by atoms with van der Waals surface area (Å²) < 4.78 is 5.97. The molecule has 0 heterocycles. The van der Waals surface area contributed by atoms with Crippen molar-refractivity contribution in [2.24, 2.45) is 11.8 Å². The molecule has 2 aliphatic carbocycles. The van der Waals surface area contributed by atoms with E-state index in [-0.39, 0.29) is 0 Å². The Morgan fingerprint density at radius 1 is 0.468 bits per heavy atom. The van der Waals surface area contributed by atoms with Crippen molar-refractivity contribution in [3.05, 3.63) is 94.1 Å². The highest BCUT2D eigenvalue weighted by Gasteiger charge is 2.15. The molecule has 47 heavy (non-hydrogen) atoms. The van der Waals surface area contributed by atoms with Crippen LogP contribution in [0.5, 0.6) is 0 Å². The molecule has 260 valence electrons. The molecule has 4 rings (SSSR count). The first kappa shape index (κ1) is 37.7. The third-order valence-electron chi connectivity index (χ3n) is 11.1. The average molecular weight is 639 g/mol. The number of rotatable bonds is 24. The van der Waals surface area contributed by atoms with E-state index >= 15 is 0 Å². The molecular weight excluding hydrogens is 569 g/mol. The Kier molecular flexibility index (Phi) is 18.7. The summed E-state index contributed by atoms with van der Waals surface area (Å²) in [6.45, 7) is 6.45. The zero-order chi connectivity index (χ0) is 32.8. The monoisotopic (exact) mass is 639 g/mol. The van der Waals surface area contributed by atoms with Gasteiger partial charge in [-0.1, -0.05) is 124 Å². The number of hydrogen-bond acceptors (Lipinski definition) is 1. The van der Waals surface area contributed by atoms with E-state index in [1.54, 1.807) is 11.1 Å². The first-order chi connectivity index (χ1) is 23.2. The highest BCUT2D eigenvalue weighted by Crippen LogP contribution is 2.31. The molecule has 2 aromatic rings. The highest BCUT2D eigenvalue weighted by molar-refractivity contribution is 5.24. The Balaban J connectivity index is 0.898. The fourth-order valence-electron chi connectivity index (χ4n) is 7.85. The number of hydrogen-bond donors (Lipinski definition) is 0. The van der Waals surface area contributed by atoms with Crippen molar-refractivity contribution in [2.75, 3.05) is 13.2 Å². The van der Waals surface area contributed by atoms with Crippen molar-refractivity contribution in [1.82, 2.24) is 0 Å². The lowest BCUT2D eigenvalue weighted by molar-refractivity contribution is 0.125. The van der Waals surface area contributed by atoms with Crippen LogP contribution in [0.3, 0.4) is 0 Å². The van der Waals surface area contributed by atoms with E-state index in [1.807, 2.05) is 0 Å². The maximum atomic E-state index is 5.97. The average Bonchev–Trinajstić information content (AvgIpc) is 3.11. The van der Waals surface area contributed by atoms with Crippen molar-refractivity contribution in [1.29, 1.82) is 0 Å². The molecule has 0 bridgehead atoms. The standard InChI is InChI=1S/C46H70O/c1-3-13-39-17-25-43(26-18-39)33-35-45-29-21-41(22-30-45)15-9-5-7-11-37-47-38-12-8-6-10-16-42-23-31-46(32-24-42)36-34-44-27-19-40(14-4-2)20-28-44/h17-21,23,25-28,45-46H,3-16,22,24,29-38H2,1-2H3. The van der Waals surface area contributed by atoms with Gasteiger partial charge in [0.05, 0.1) is 0 Å². The molecule has 0 aromatic heterocycles. The van der Waals surface area contributed by atoms with E-state index < -0.39 is 0 Å². The zero-order valence-electron chi connectivity index (χ0n) is 30.7. The van der Waals surface area contributed by atoms with Gasteiger partial charge in [0.1, 0.15) is 0 Å². The summed E-state index contributed by atoms with van der Waals surface area (Å²) in [5, 5.41) is 0. The molecule has 0 spiro atoms. The minimum absolute atomic E-state index is 0.892. The smallest absolute Gasteiger partial charge is 0.0466 e. The molecule has 2 atom stereocenters. The Morgan fingerprint density at radius 2 is 0.851 bits per heavy atom. The van der Waals surface area contributed by atoms with E-state index in [2.05, 4.69) is 74.5 Å². The van der Waals surface area contributed by atoms with Gasteiger partial charge in [-0.2, -0.15) is 0 Å². The SMILES string of the molecule is CCCc1ccc(CCC2CC=C(CCCCCCOCCCCCCC3=CCC(CCc4ccc(CCC)cc4)CC3)CC2)cc1. The van der Waals surface area contributed by atoms with Crippen LogP contribution in [0.4, 0.5) is 0 Å². The normalized spacial score (nSPS) is 18.3. The first-order valence-corrected chi connectivity index (χ1v) is 20.3. The van der Waals surface area contributed by atoms with Gasteiger partial charge in [0.25, 0.3) is 0 Å². The van der Waals surface area contributed by atoms with Gasteiger partial charge in [-0.05, 0) is 150 Å². The van der Waals surface area contributed by atoms with Gasteiger partial charge in [-0.3, -0.25) is 0 Å². The van der Waals surface area contributed by atoms with Crippen LogP contribution >= 0.6 is 0 Å². The van der Waals surface area contributed by atoms with Crippen molar-refractivity contribution in [3.8, 4) is 0 Å². The van der Waals surface area contributed by atoms with Gasteiger partial charge in [0, 0.05) is 13.2 Å². The van der Waals surface area contributed by atoms with E-state index in [4.69, 9.17) is 4.74 Å². The molecule has 1 heteroatoms. The molecule has 0 aliphatic heterocycles. The van der Waals surface area contributed by atoms with E-state index in [0.717, 1.165) is 25.0 Å². The third kappa shape index (κ3) is 15.8. The Bertz CT molecular complexity index is 1050. The molecule has 0 fully saturated rings. The van der Waals surface area contributed by atoms with E-state index in [0.29, 0.717) is 0 Å². The Morgan fingerprint density at radius 3 is 1.21 bits per heavy atom. The number of aryl methyl sites for hydroxylation is 4. The lowest BCUT2D eigenvalue weighted by Gasteiger charge is -2.22. The molecule has 0 radical (unpaired) electrons. The summed E-state index contributed by atoms with van der Waals surface area (Å²) in [6, 6.07) is 18.8. The van der Waals surface area contributed by atoms with Crippen LogP contribution in [-0.4, -0.2) is 13.2 Å². The fourth-order valence-corrected chi connectivity index (χ4v) is 7.85. The van der Waals surface area contributed by atoms with Crippen molar-refractivity contribution < 1.29 is 4.74 Å². The largest absolute Gasteiger partial charge is 0.381 e. The number of ether oxygens (including phenoxy) is 1. The van der Waals surface area contributed by atoms with E-state index in [9.17, 15) is 0 Å². The van der Waals surface area contributed by atoms with Crippen LogP contribution in [0.25, 0.3) is 0 Å². The van der Waals surface area contributed by atoms with Gasteiger partial charge in [-0.15, -0.1) is 0 Å². The second kappa shape index (κ2) is 23.3. The number of unbranched alkanes of at least 4 members (excludes halogenated alkanes) is 6. The summed E-state index contributed by atoms with van der Waals surface area (Å²) in [4.78, 5) is 0. The van der Waals surface area contributed by atoms with Crippen LogP contribution in [-0.2, 0) is 30.4 Å². The predicted molar refractivity (Wildman–Crippen MR) is 205 cm³/mol. The Labute approximate surface area is 291 Å². The molecule has 0 N–H and O–H groups in total. The van der Waals surface area contributed by atoms with Crippen LogP contribution in [0.1, 0.15) is 165 Å². The van der Waals surface area contributed by atoms with Crippen molar-refractivity contribution in [2.45, 2.75) is 168 Å². The van der Waals surface area contributed by atoms with Crippen LogP contribution in [0.15, 0.2) is 71.8 Å². The summed E-state index contributed by atoms with van der Waals surface area (Å²) in [5.74, 6) is 1.78. The quantitative estimate of drug-likeness (QED) is 0.0821. The number of benzene rings is 2. The number of allylic oxidation sites excluding steroid dienone is 4. The lowest BCUT2D eigenvalue weighted by Crippen LogP contribution is -2.07. The second-order valence-electron chi connectivity index (χ2n) is 15.2. The minimum atomic E-state index is 0.892. The fraction of sp³-hybridized carbons (Fsp3) is 0.652. The summed E-state index contributed by atoms with van der Waals surface area (Å²) in [7, 11) is 0. The molecule has 2 aromatic carbocycles. The highest BCUT2D eigenvalue weighted by atomic mass is 16.5. The molecule has 2 aliphatic rings. The van der Waals surface area contributed by atoms with Crippen molar-refractivity contribution in [3.63, 3.8) is 0 Å². The maximum absolute atomic E-state index is 5.97. The predicted octanol–water partition coefficient (Wildman–Crippen LogP) is 13.5. The van der Waals surface area contributed by atoms with Crippen LogP contribution < -0.4 is 0 Å². The topological polar surface area (TPSA) is 9.23 Å². The molecule has 1 nitrogen and oxygen atoms in total. The van der Waals surface area contributed by atoms with Gasteiger partial charge in [-0.25, -0.2) is 0 Å².